The molecule has 2 rings (SSSR count). The van der Waals surface area contributed by atoms with Crippen molar-refractivity contribution in [3.63, 3.8) is 0 Å². The number of sulfonamides is 1. The Labute approximate surface area is 165 Å². The van der Waals surface area contributed by atoms with E-state index >= 15 is 0 Å². The molecule has 1 aliphatic rings. The molecule has 146 valence electrons. The van der Waals surface area contributed by atoms with Gasteiger partial charge in [-0.05, 0) is 44.7 Å². The smallest absolute Gasteiger partial charge is 0.211 e. The van der Waals surface area contributed by atoms with Crippen molar-refractivity contribution in [1.29, 1.82) is 0 Å². The van der Waals surface area contributed by atoms with Crippen molar-refractivity contribution in [3.8, 4) is 0 Å². The van der Waals surface area contributed by atoms with Gasteiger partial charge in [0.2, 0.25) is 10.0 Å². The molecule has 0 aliphatic heterocycles. The standard InChI is InChI=1S/C18H29BrN4O2S/c1-3-20-17(21-12-7-13-23-26(24,25)4-2)22-14-18(10-11-18)15-8-5-6-9-16(15)19/h5-6,8-9,23H,3-4,7,10-14H2,1-2H3,(H2,20,21,22). The summed E-state index contributed by atoms with van der Waals surface area (Å²) in [6, 6.07) is 8.36. The minimum Gasteiger partial charge on any atom is -0.357 e. The van der Waals surface area contributed by atoms with Crippen LogP contribution >= 0.6 is 15.9 Å². The van der Waals surface area contributed by atoms with Crippen LogP contribution in [-0.2, 0) is 15.4 Å². The van der Waals surface area contributed by atoms with E-state index in [4.69, 9.17) is 4.99 Å². The molecule has 0 atom stereocenters. The van der Waals surface area contributed by atoms with Crippen molar-refractivity contribution in [2.24, 2.45) is 4.99 Å². The number of nitrogens with one attached hydrogen (secondary N) is 3. The maximum absolute atomic E-state index is 11.4. The lowest BCUT2D eigenvalue weighted by Gasteiger charge is -2.17. The SMILES string of the molecule is CCNC(=NCC1(c2ccccc2Br)CC1)NCCCNS(=O)(=O)CC. The second-order valence-electron chi connectivity index (χ2n) is 6.53. The highest BCUT2D eigenvalue weighted by Crippen LogP contribution is 2.50. The van der Waals surface area contributed by atoms with E-state index in [1.54, 1.807) is 6.92 Å². The second-order valence-corrected chi connectivity index (χ2v) is 9.48. The first-order valence-corrected chi connectivity index (χ1v) is 11.6. The molecular formula is C18H29BrN4O2S. The highest BCUT2D eigenvalue weighted by Gasteiger charge is 2.45. The molecule has 1 fully saturated rings. The Morgan fingerprint density at radius 3 is 2.54 bits per heavy atom. The van der Waals surface area contributed by atoms with E-state index in [2.05, 4.69) is 49.5 Å². The fourth-order valence-electron chi connectivity index (χ4n) is 2.75. The van der Waals surface area contributed by atoms with Gasteiger partial charge in [0.05, 0.1) is 12.3 Å². The van der Waals surface area contributed by atoms with Gasteiger partial charge in [-0.3, -0.25) is 4.99 Å². The molecule has 1 aliphatic carbocycles. The number of nitrogens with zero attached hydrogens (tertiary/aromatic N) is 1. The molecule has 0 unspecified atom stereocenters. The first-order valence-electron chi connectivity index (χ1n) is 9.17. The van der Waals surface area contributed by atoms with Crippen LogP contribution in [0.25, 0.3) is 0 Å². The van der Waals surface area contributed by atoms with E-state index in [1.165, 1.54) is 5.56 Å². The molecule has 0 heterocycles. The lowest BCUT2D eigenvalue weighted by Crippen LogP contribution is -2.39. The molecular weight excluding hydrogens is 416 g/mol. The maximum Gasteiger partial charge on any atom is 0.211 e. The molecule has 0 spiro atoms. The minimum absolute atomic E-state index is 0.113. The topological polar surface area (TPSA) is 82.6 Å². The number of hydrogen-bond acceptors (Lipinski definition) is 3. The minimum atomic E-state index is -3.11. The Kier molecular flexibility index (Phi) is 7.91. The Morgan fingerprint density at radius 1 is 1.19 bits per heavy atom. The zero-order valence-electron chi connectivity index (χ0n) is 15.5. The molecule has 0 bridgehead atoms. The van der Waals surface area contributed by atoms with Crippen LogP contribution in [-0.4, -0.2) is 46.3 Å². The molecule has 1 aromatic rings. The summed E-state index contributed by atoms with van der Waals surface area (Å²) in [5.74, 6) is 0.894. The summed E-state index contributed by atoms with van der Waals surface area (Å²) < 4.78 is 26.5. The quantitative estimate of drug-likeness (QED) is 0.293. The first kappa shape index (κ1) is 21.2. The molecule has 8 heteroatoms. The second kappa shape index (κ2) is 9.71. The maximum atomic E-state index is 11.4. The van der Waals surface area contributed by atoms with E-state index in [9.17, 15) is 8.42 Å². The van der Waals surface area contributed by atoms with Gasteiger partial charge in [0, 0.05) is 29.5 Å². The van der Waals surface area contributed by atoms with Crippen molar-refractivity contribution < 1.29 is 8.42 Å². The van der Waals surface area contributed by atoms with Crippen LogP contribution in [0.2, 0.25) is 0 Å². The predicted molar refractivity (Wildman–Crippen MR) is 111 cm³/mol. The van der Waals surface area contributed by atoms with Crippen molar-refractivity contribution in [2.45, 2.75) is 38.5 Å². The highest BCUT2D eigenvalue weighted by atomic mass is 79.9. The monoisotopic (exact) mass is 444 g/mol. The van der Waals surface area contributed by atoms with E-state index < -0.39 is 10.0 Å². The molecule has 1 aromatic carbocycles. The third-order valence-corrected chi connectivity index (χ3v) is 6.63. The largest absolute Gasteiger partial charge is 0.357 e. The van der Waals surface area contributed by atoms with Gasteiger partial charge in [0.25, 0.3) is 0 Å². The number of guanidine groups is 1. The molecule has 0 saturated heterocycles. The Bertz CT molecular complexity index is 718. The molecule has 0 amide bonds. The third-order valence-electron chi connectivity index (χ3n) is 4.53. The Hall–Kier alpha value is -1.12. The van der Waals surface area contributed by atoms with Crippen LogP contribution in [0.4, 0.5) is 0 Å². The number of halogens is 1. The number of hydrogen-bond donors (Lipinski definition) is 3. The zero-order chi connectivity index (χ0) is 19.0. The van der Waals surface area contributed by atoms with Gasteiger partial charge in [0.15, 0.2) is 5.96 Å². The zero-order valence-corrected chi connectivity index (χ0v) is 17.9. The van der Waals surface area contributed by atoms with Crippen LogP contribution < -0.4 is 15.4 Å². The number of rotatable bonds is 10. The summed E-state index contributed by atoms with van der Waals surface area (Å²) in [5, 5.41) is 6.54. The average Bonchev–Trinajstić information content (AvgIpc) is 3.40. The third kappa shape index (κ3) is 6.25. The van der Waals surface area contributed by atoms with Crippen molar-refractivity contribution in [2.75, 3.05) is 31.9 Å². The Balaban J connectivity index is 1.86. The van der Waals surface area contributed by atoms with E-state index in [0.29, 0.717) is 19.5 Å². The molecule has 3 N–H and O–H groups in total. The summed E-state index contributed by atoms with van der Waals surface area (Å²) in [6.45, 7) is 6.30. The molecule has 0 aromatic heterocycles. The van der Waals surface area contributed by atoms with Crippen molar-refractivity contribution in [3.05, 3.63) is 34.3 Å². The van der Waals surface area contributed by atoms with Crippen molar-refractivity contribution >= 4 is 31.9 Å². The summed E-state index contributed by atoms with van der Waals surface area (Å²) in [6.07, 6.45) is 3.01. The summed E-state index contributed by atoms with van der Waals surface area (Å²) >= 11 is 3.66. The van der Waals surface area contributed by atoms with E-state index in [1.807, 2.05) is 13.0 Å². The van der Waals surface area contributed by atoms with Crippen LogP contribution in [0, 0.1) is 0 Å². The van der Waals surface area contributed by atoms with Crippen LogP contribution in [0.3, 0.4) is 0 Å². The normalized spacial score (nSPS) is 16.3. The van der Waals surface area contributed by atoms with Gasteiger partial charge in [-0.25, -0.2) is 13.1 Å². The van der Waals surface area contributed by atoms with E-state index in [-0.39, 0.29) is 11.2 Å². The average molecular weight is 445 g/mol. The van der Waals surface area contributed by atoms with Crippen LogP contribution in [0.15, 0.2) is 33.7 Å². The fraction of sp³-hybridized carbons (Fsp3) is 0.611. The van der Waals surface area contributed by atoms with Gasteiger partial charge in [-0.2, -0.15) is 0 Å². The molecule has 1 saturated carbocycles. The van der Waals surface area contributed by atoms with Gasteiger partial charge < -0.3 is 10.6 Å². The first-order chi connectivity index (χ1) is 12.4. The lowest BCUT2D eigenvalue weighted by atomic mass is 9.96. The summed E-state index contributed by atoms with van der Waals surface area (Å²) in [5.41, 5.74) is 1.47. The van der Waals surface area contributed by atoms with Crippen LogP contribution in [0.1, 0.15) is 38.7 Å². The van der Waals surface area contributed by atoms with Gasteiger partial charge in [0.1, 0.15) is 0 Å². The van der Waals surface area contributed by atoms with Gasteiger partial charge >= 0.3 is 0 Å². The highest BCUT2D eigenvalue weighted by molar-refractivity contribution is 9.10. The van der Waals surface area contributed by atoms with Gasteiger partial charge in [-0.1, -0.05) is 34.1 Å². The molecule has 26 heavy (non-hydrogen) atoms. The van der Waals surface area contributed by atoms with Crippen molar-refractivity contribution in [1.82, 2.24) is 15.4 Å². The molecule has 6 nitrogen and oxygen atoms in total. The van der Waals surface area contributed by atoms with Gasteiger partial charge in [-0.15, -0.1) is 0 Å². The van der Waals surface area contributed by atoms with Crippen LogP contribution in [0.5, 0.6) is 0 Å². The number of benzene rings is 1. The summed E-state index contributed by atoms with van der Waals surface area (Å²) in [4.78, 5) is 4.76. The predicted octanol–water partition coefficient (Wildman–Crippen LogP) is 2.37. The fourth-order valence-corrected chi connectivity index (χ4v) is 4.12. The molecule has 0 radical (unpaired) electrons. The summed E-state index contributed by atoms with van der Waals surface area (Å²) in [7, 11) is -3.11. The lowest BCUT2D eigenvalue weighted by molar-refractivity contribution is 0.579. The van der Waals surface area contributed by atoms with E-state index in [0.717, 1.165) is 36.4 Å². The Morgan fingerprint density at radius 2 is 1.92 bits per heavy atom. The number of aliphatic imine (C=N–C) groups is 1.